The van der Waals surface area contributed by atoms with E-state index in [-0.39, 0.29) is 12.0 Å². The van der Waals surface area contributed by atoms with Gasteiger partial charge in [-0.05, 0) is 31.0 Å². The SMILES string of the molecule is NC1CCCCC1c1nc2cc(Br)ccc2o1. The normalized spacial score (nSPS) is 25.3. The molecule has 1 saturated carbocycles. The van der Waals surface area contributed by atoms with Gasteiger partial charge in [0, 0.05) is 10.5 Å². The molecule has 0 aliphatic heterocycles. The molecule has 2 N–H and O–H groups in total. The second-order valence-electron chi connectivity index (χ2n) is 4.72. The molecule has 1 aromatic carbocycles. The Kier molecular flexibility index (Phi) is 2.92. The molecule has 0 amide bonds. The third kappa shape index (κ3) is 2.11. The van der Waals surface area contributed by atoms with E-state index >= 15 is 0 Å². The molecule has 0 radical (unpaired) electrons. The van der Waals surface area contributed by atoms with Crippen LogP contribution in [0, 0.1) is 0 Å². The lowest BCUT2D eigenvalue weighted by Gasteiger charge is -2.25. The monoisotopic (exact) mass is 294 g/mol. The van der Waals surface area contributed by atoms with Crippen LogP contribution in [0.5, 0.6) is 0 Å². The number of fused-ring (bicyclic) bond motifs is 1. The molecule has 1 fully saturated rings. The van der Waals surface area contributed by atoms with Gasteiger partial charge in [-0.2, -0.15) is 0 Å². The third-order valence-corrected chi connectivity index (χ3v) is 4.00. The first-order valence-electron chi connectivity index (χ1n) is 6.05. The predicted molar refractivity (Wildman–Crippen MR) is 70.9 cm³/mol. The van der Waals surface area contributed by atoms with E-state index in [2.05, 4.69) is 20.9 Å². The zero-order valence-electron chi connectivity index (χ0n) is 9.53. The van der Waals surface area contributed by atoms with Crippen molar-refractivity contribution in [3.63, 3.8) is 0 Å². The highest BCUT2D eigenvalue weighted by Crippen LogP contribution is 2.33. The average Bonchev–Trinajstić information content (AvgIpc) is 2.72. The van der Waals surface area contributed by atoms with Crippen LogP contribution >= 0.6 is 15.9 Å². The molecule has 4 heteroatoms. The van der Waals surface area contributed by atoms with Gasteiger partial charge in [0.15, 0.2) is 11.5 Å². The van der Waals surface area contributed by atoms with Crippen molar-refractivity contribution in [2.45, 2.75) is 37.6 Å². The van der Waals surface area contributed by atoms with Gasteiger partial charge in [0.1, 0.15) is 5.52 Å². The Morgan fingerprint density at radius 1 is 1.29 bits per heavy atom. The number of hydrogen-bond acceptors (Lipinski definition) is 3. The highest BCUT2D eigenvalue weighted by molar-refractivity contribution is 9.10. The van der Waals surface area contributed by atoms with Crippen molar-refractivity contribution in [2.24, 2.45) is 5.73 Å². The lowest BCUT2D eigenvalue weighted by atomic mass is 9.85. The molecule has 2 atom stereocenters. The van der Waals surface area contributed by atoms with Crippen molar-refractivity contribution in [3.05, 3.63) is 28.6 Å². The molecule has 0 saturated heterocycles. The van der Waals surface area contributed by atoms with Gasteiger partial charge in [0.05, 0.1) is 5.92 Å². The van der Waals surface area contributed by atoms with E-state index in [0.29, 0.717) is 0 Å². The van der Waals surface area contributed by atoms with E-state index in [4.69, 9.17) is 10.2 Å². The highest BCUT2D eigenvalue weighted by atomic mass is 79.9. The standard InChI is InChI=1S/C13H15BrN2O/c14-8-5-6-12-11(7-8)16-13(17-12)9-3-1-2-4-10(9)15/h5-7,9-10H,1-4,15H2. The fraction of sp³-hybridized carbons (Fsp3) is 0.462. The maximum absolute atomic E-state index is 6.15. The fourth-order valence-corrected chi connectivity index (χ4v) is 2.89. The molecule has 2 aromatic rings. The fourth-order valence-electron chi connectivity index (χ4n) is 2.54. The maximum Gasteiger partial charge on any atom is 0.200 e. The first-order valence-corrected chi connectivity index (χ1v) is 6.85. The van der Waals surface area contributed by atoms with Crippen molar-refractivity contribution >= 4 is 27.0 Å². The van der Waals surface area contributed by atoms with Crippen LogP contribution in [0.15, 0.2) is 27.1 Å². The summed E-state index contributed by atoms with van der Waals surface area (Å²) in [6, 6.07) is 6.10. The molecule has 1 aliphatic rings. The van der Waals surface area contributed by atoms with Crippen molar-refractivity contribution < 1.29 is 4.42 Å². The third-order valence-electron chi connectivity index (χ3n) is 3.50. The lowest BCUT2D eigenvalue weighted by molar-refractivity contribution is 0.332. The maximum atomic E-state index is 6.15. The molecule has 1 heterocycles. The first-order chi connectivity index (χ1) is 8.24. The van der Waals surface area contributed by atoms with Crippen LogP contribution in [0.1, 0.15) is 37.5 Å². The van der Waals surface area contributed by atoms with Crippen LogP contribution < -0.4 is 5.73 Å². The van der Waals surface area contributed by atoms with Crippen LogP contribution in [0.2, 0.25) is 0 Å². The number of halogens is 1. The summed E-state index contributed by atoms with van der Waals surface area (Å²) in [5, 5.41) is 0. The van der Waals surface area contributed by atoms with Gasteiger partial charge in [-0.25, -0.2) is 4.98 Å². The number of nitrogens with two attached hydrogens (primary N) is 1. The summed E-state index contributed by atoms with van der Waals surface area (Å²) in [4.78, 5) is 4.57. The number of hydrogen-bond donors (Lipinski definition) is 1. The summed E-state index contributed by atoms with van der Waals surface area (Å²) in [5.41, 5.74) is 7.91. The van der Waals surface area contributed by atoms with Gasteiger partial charge in [-0.1, -0.05) is 28.8 Å². The Bertz CT molecular complexity index is 537. The van der Waals surface area contributed by atoms with Crippen molar-refractivity contribution in [2.75, 3.05) is 0 Å². The largest absolute Gasteiger partial charge is 0.440 e. The minimum atomic E-state index is 0.195. The molecule has 3 rings (SSSR count). The van der Waals surface area contributed by atoms with Gasteiger partial charge in [-0.3, -0.25) is 0 Å². The second kappa shape index (κ2) is 4.42. The highest BCUT2D eigenvalue weighted by Gasteiger charge is 2.27. The first kappa shape index (κ1) is 11.2. The zero-order valence-corrected chi connectivity index (χ0v) is 11.1. The number of rotatable bonds is 1. The minimum absolute atomic E-state index is 0.195. The van der Waals surface area contributed by atoms with Gasteiger partial charge in [-0.15, -0.1) is 0 Å². The molecule has 1 aromatic heterocycles. The van der Waals surface area contributed by atoms with Crippen LogP contribution in [0.3, 0.4) is 0 Å². The Morgan fingerprint density at radius 2 is 2.12 bits per heavy atom. The summed E-state index contributed by atoms with van der Waals surface area (Å²) in [5.74, 6) is 1.10. The van der Waals surface area contributed by atoms with Gasteiger partial charge >= 0.3 is 0 Å². The van der Waals surface area contributed by atoms with Crippen molar-refractivity contribution in [3.8, 4) is 0 Å². The smallest absolute Gasteiger partial charge is 0.200 e. The van der Waals surface area contributed by atoms with E-state index in [0.717, 1.165) is 34.3 Å². The van der Waals surface area contributed by atoms with Crippen LogP contribution in [-0.4, -0.2) is 11.0 Å². The topological polar surface area (TPSA) is 52.0 Å². The van der Waals surface area contributed by atoms with Crippen molar-refractivity contribution in [1.29, 1.82) is 0 Å². The van der Waals surface area contributed by atoms with E-state index < -0.39 is 0 Å². The van der Waals surface area contributed by atoms with E-state index in [1.54, 1.807) is 0 Å². The van der Waals surface area contributed by atoms with Gasteiger partial charge in [0.25, 0.3) is 0 Å². The summed E-state index contributed by atoms with van der Waals surface area (Å²) in [6.07, 6.45) is 4.62. The number of aromatic nitrogens is 1. The predicted octanol–water partition coefficient (Wildman–Crippen LogP) is 3.58. The summed E-state index contributed by atoms with van der Waals surface area (Å²) in [6.45, 7) is 0. The molecule has 1 aliphatic carbocycles. The van der Waals surface area contributed by atoms with Crippen LogP contribution in [0.4, 0.5) is 0 Å². The molecule has 17 heavy (non-hydrogen) atoms. The average molecular weight is 295 g/mol. The minimum Gasteiger partial charge on any atom is -0.440 e. The lowest BCUT2D eigenvalue weighted by Crippen LogP contribution is -2.31. The number of oxazole rings is 1. The summed E-state index contributed by atoms with van der Waals surface area (Å²) >= 11 is 3.44. The molecule has 3 nitrogen and oxygen atoms in total. The Morgan fingerprint density at radius 3 is 2.94 bits per heavy atom. The number of nitrogens with zero attached hydrogens (tertiary/aromatic N) is 1. The van der Waals surface area contributed by atoms with E-state index in [1.165, 1.54) is 12.8 Å². The molecule has 90 valence electrons. The van der Waals surface area contributed by atoms with Crippen LogP contribution in [0.25, 0.3) is 11.1 Å². The molecular weight excluding hydrogens is 280 g/mol. The van der Waals surface area contributed by atoms with Gasteiger partial charge in [0.2, 0.25) is 0 Å². The number of benzene rings is 1. The Balaban J connectivity index is 1.99. The van der Waals surface area contributed by atoms with E-state index in [1.807, 2.05) is 18.2 Å². The summed E-state index contributed by atoms with van der Waals surface area (Å²) in [7, 11) is 0. The molecule has 0 spiro atoms. The zero-order chi connectivity index (χ0) is 11.8. The van der Waals surface area contributed by atoms with Crippen LogP contribution in [-0.2, 0) is 0 Å². The second-order valence-corrected chi connectivity index (χ2v) is 5.63. The van der Waals surface area contributed by atoms with E-state index in [9.17, 15) is 0 Å². The van der Waals surface area contributed by atoms with Gasteiger partial charge < -0.3 is 10.2 Å². The molecule has 0 bridgehead atoms. The summed E-state index contributed by atoms with van der Waals surface area (Å²) < 4.78 is 6.85. The van der Waals surface area contributed by atoms with Crippen molar-refractivity contribution in [1.82, 2.24) is 4.98 Å². The molecule has 2 unspecified atom stereocenters. The Labute approximate surface area is 109 Å². The Hall–Kier alpha value is -0.870. The quantitative estimate of drug-likeness (QED) is 0.875. The molecular formula is C13H15BrN2O.